The molecule has 0 fully saturated rings. The first-order valence-electron chi connectivity index (χ1n) is 6.47. The SMILES string of the molecule is CCCNCc1nc(N(C)CCC(F)(F)F)ccc1Cl. The molecule has 0 aliphatic rings. The summed E-state index contributed by atoms with van der Waals surface area (Å²) >= 11 is 6.03. The van der Waals surface area contributed by atoms with Crippen LogP contribution in [-0.2, 0) is 6.54 Å². The quantitative estimate of drug-likeness (QED) is 0.780. The van der Waals surface area contributed by atoms with E-state index in [2.05, 4.69) is 10.3 Å². The number of pyridine rings is 1. The minimum absolute atomic E-state index is 0.125. The van der Waals surface area contributed by atoms with Gasteiger partial charge in [0.25, 0.3) is 0 Å². The number of rotatable bonds is 7. The van der Waals surface area contributed by atoms with Crippen molar-refractivity contribution in [3.05, 3.63) is 22.8 Å². The van der Waals surface area contributed by atoms with E-state index in [1.807, 2.05) is 6.92 Å². The normalized spacial score (nSPS) is 11.7. The first-order valence-corrected chi connectivity index (χ1v) is 6.85. The lowest BCUT2D eigenvalue weighted by Crippen LogP contribution is -2.25. The molecule has 7 heteroatoms. The molecule has 1 aromatic heterocycles. The molecule has 0 aliphatic carbocycles. The average Bonchev–Trinajstić information content (AvgIpc) is 2.37. The third-order valence-corrected chi connectivity index (χ3v) is 3.09. The highest BCUT2D eigenvalue weighted by molar-refractivity contribution is 6.31. The maximum atomic E-state index is 12.2. The smallest absolute Gasteiger partial charge is 0.359 e. The van der Waals surface area contributed by atoms with Crippen LogP contribution in [0.5, 0.6) is 0 Å². The maximum Gasteiger partial charge on any atom is 0.390 e. The average molecular weight is 310 g/mol. The molecule has 0 saturated heterocycles. The highest BCUT2D eigenvalue weighted by atomic mass is 35.5. The van der Waals surface area contributed by atoms with Crippen LogP contribution in [-0.4, -0.2) is 31.3 Å². The summed E-state index contributed by atoms with van der Waals surface area (Å²) in [5.41, 5.74) is 0.650. The van der Waals surface area contributed by atoms with Crippen LogP contribution < -0.4 is 10.2 Å². The fourth-order valence-electron chi connectivity index (χ4n) is 1.60. The van der Waals surface area contributed by atoms with Crippen LogP contribution in [0.25, 0.3) is 0 Å². The number of nitrogens with one attached hydrogen (secondary N) is 1. The molecular weight excluding hydrogens is 291 g/mol. The number of nitrogens with zero attached hydrogens (tertiary/aromatic N) is 2. The van der Waals surface area contributed by atoms with Gasteiger partial charge in [-0.05, 0) is 25.1 Å². The summed E-state index contributed by atoms with van der Waals surface area (Å²) in [7, 11) is 1.59. The summed E-state index contributed by atoms with van der Waals surface area (Å²) in [6.07, 6.45) is -4.04. The minimum Gasteiger partial charge on any atom is -0.359 e. The van der Waals surface area contributed by atoms with Crippen molar-refractivity contribution in [3.63, 3.8) is 0 Å². The molecule has 0 aromatic carbocycles. The summed E-state index contributed by atoms with van der Waals surface area (Å²) in [6, 6.07) is 3.29. The Morgan fingerprint density at radius 3 is 2.65 bits per heavy atom. The van der Waals surface area contributed by atoms with Gasteiger partial charge in [0, 0.05) is 20.1 Å². The van der Waals surface area contributed by atoms with Crippen molar-refractivity contribution in [1.29, 1.82) is 0 Å². The summed E-state index contributed by atoms with van der Waals surface area (Å²) in [5.74, 6) is 0.493. The van der Waals surface area contributed by atoms with E-state index >= 15 is 0 Å². The Morgan fingerprint density at radius 2 is 2.05 bits per heavy atom. The molecule has 20 heavy (non-hydrogen) atoms. The number of alkyl halides is 3. The molecule has 0 unspecified atom stereocenters. The predicted octanol–water partition coefficient (Wildman–Crippen LogP) is 3.62. The predicted molar refractivity (Wildman–Crippen MR) is 75.2 cm³/mol. The van der Waals surface area contributed by atoms with Crippen molar-refractivity contribution in [1.82, 2.24) is 10.3 Å². The van der Waals surface area contributed by atoms with E-state index in [0.717, 1.165) is 13.0 Å². The summed E-state index contributed by atoms with van der Waals surface area (Å²) < 4.78 is 36.6. The summed E-state index contributed by atoms with van der Waals surface area (Å²) in [6.45, 7) is 3.27. The molecule has 1 aromatic rings. The Morgan fingerprint density at radius 1 is 1.35 bits per heavy atom. The Kier molecular flexibility index (Phi) is 6.55. The van der Waals surface area contributed by atoms with E-state index in [4.69, 9.17) is 11.6 Å². The fraction of sp³-hybridized carbons (Fsp3) is 0.615. The third kappa shape index (κ3) is 5.96. The van der Waals surface area contributed by atoms with E-state index in [9.17, 15) is 13.2 Å². The summed E-state index contributed by atoms with van der Waals surface area (Å²) in [4.78, 5) is 5.79. The van der Waals surface area contributed by atoms with Gasteiger partial charge in [-0.3, -0.25) is 0 Å². The van der Waals surface area contributed by atoms with E-state index in [0.29, 0.717) is 23.1 Å². The molecule has 3 nitrogen and oxygen atoms in total. The first kappa shape index (κ1) is 17.0. The second-order valence-corrected chi connectivity index (χ2v) is 4.97. The van der Waals surface area contributed by atoms with Gasteiger partial charge in [0.1, 0.15) is 5.82 Å². The Hall–Kier alpha value is -1.01. The minimum atomic E-state index is -4.16. The van der Waals surface area contributed by atoms with Gasteiger partial charge in [0.2, 0.25) is 0 Å². The van der Waals surface area contributed by atoms with Crippen LogP contribution >= 0.6 is 11.6 Å². The lowest BCUT2D eigenvalue weighted by molar-refractivity contribution is -0.132. The lowest BCUT2D eigenvalue weighted by atomic mass is 10.3. The molecule has 0 atom stereocenters. The standard InChI is InChI=1S/C13H19ClF3N3/c1-3-7-18-9-11-10(14)4-5-12(19-11)20(2)8-6-13(15,16)17/h4-5,18H,3,6-9H2,1-2H3. The van der Waals surface area contributed by atoms with Gasteiger partial charge >= 0.3 is 6.18 Å². The second-order valence-electron chi connectivity index (χ2n) is 4.56. The molecule has 0 saturated carbocycles. The monoisotopic (exact) mass is 309 g/mol. The van der Waals surface area contributed by atoms with Crippen LogP contribution in [0.15, 0.2) is 12.1 Å². The summed E-state index contributed by atoms with van der Waals surface area (Å²) in [5, 5.41) is 3.68. The van der Waals surface area contributed by atoms with Crippen LogP contribution in [0.2, 0.25) is 5.02 Å². The highest BCUT2D eigenvalue weighted by Crippen LogP contribution is 2.22. The Bertz CT molecular complexity index is 424. The van der Waals surface area contributed by atoms with Crippen LogP contribution in [0, 0.1) is 0 Å². The Balaban J connectivity index is 2.68. The van der Waals surface area contributed by atoms with Crippen molar-refractivity contribution in [2.24, 2.45) is 0 Å². The molecular formula is C13H19ClF3N3. The van der Waals surface area contributed by atoms with Gasteiger partial charge in [-0.15, -0.1) is 0 Å². The Labute approximate surface area is 122 Å². The molecule has 0 amide bonds. The zero-order chi connectivity index (χ0) is 15.2. The van der Waals surface area contributed by atoms with E-state index in [1.54, 1.807) is 19.2 Å². The number of anilines is 1. The zero-order valence-corrected chi connectivity index (χ0v) is 12.4. The maximum absolute atomic E-state index is 12.2. The van der Waals surface area contributed by atoms with Crippen molar-refractivity contribution in [2.45, 2.75) is 32.5 Å². The topological polar surface area (TPSA) is 28.2 Å². The van der Waals surface area contributed by atoms with Gasteiger partial charge in [0.05, 0.1) is 17.1 Å². The van der Waals surface area contributed by atoms with Crippen molar-refractivity contribution in [2.75, 3.05) is 25.0 Å². The number of halogens is 4. The highest BCUT2D eigenvalue weighted by Gasteiger charge is 2.27. The molecule has 1 heterocycles. The van der Waals surface area contributed by atoms with E-state index in [1.165, 1.54) is 4.90 Å². The number of aromatic nitrogens is 1. The van der Waals surface area contributed by atoms with Crippen LogP contribution in [0.1, 0.15) is 25.5 Å². The molecule has 114 valence electrons. The fourth-order valence-corrected chi connectivity index (χ4v) is 1.77. The molecule has 0 spiro atoms. The van der Waals surface area contributed by atoms with E-state index < -0.39 is 12.6 Å². The van der Waals surface area contributed by atoms with Gasteiger partial charge in [-0.2, -0.15) is 13.2 Å². The van der Waals surface area contributed by atoms with Gasteiger partial charge in [0.15, 0.2) is 0 Å². The van der Waals surface area contributed by atoms with Crippen LogP contribution in [0.4, 0.5) is 19.0 Å². The van der Waals surface area contributed by atoms with Gasteiger partial charge < -0.3 is 10.2 Å². The molecule has 1 rings (SSSR count). The first-order chi connectivity index (χ1) is 9.33. The molecule has 0 aliphatic heterocycles. The van der Waals surface area contributed by atoms with Crippen molar-refractivity contribution < 1.29 is 13.2 Å². The molecule has 0 bridgehead atoms. The lowest BCUT2D eigenvalue weighted by Gasteiger charge is -2.20. The number of hydrogen-bond acceptors (Lipinski definition) is 3. The third-order valence-electron chi connectivity index (χ3n) is 2.74. The number of hydrogen-bond donors (Lipinski definition) is 1. The largest absolute Gasteiger partial charge is 0.390 e. The van der Waals surface area contributed by atoms with Crippen molar-refractivity contribution in [3.8, 4) is 0 Å². The van der Waals surface area contributed by atoms with Crippen LogP contribution in [0.3, 0.4) is 0 Å². The van der Waals surface area contributed by atoms with Crippen molar-refractivity contribution >= 4 is 17.4 Å². The zero-order valence-electron chi connectivity index (χ0n) is 11.6. The van der Waals surface area contributed by atoms with E-state index in [-0.39, 0.29) is 6.54 Å². The second kappa shape index (κ2) is 7.69. The molecule has 1 N–H and O–H groups in total. The van der Waals surface area contributed by atoms with Gasteiger partial charge in [-0.25, -0.2) is 4.98 Å². The molecule has 0 radical (unpaired) electrons. The van der Waals surface area contributed by atoms with Gasteiger partial charge in [-0.1, -0.05) is 18.5 Å².